The number of imidazole rings is 1. The molecule has 1 amide bonds. The van der Waals surface area contributed by atoms with Gasteiger partial charge in [-0.2, -0.15) is 0 Å². The molecule has 0 aliphatic rings. The second-order valence-electron chi connectivity index (χ2n) is 3.79. The first-order valence-electron chi connectivity index (χ1n) is 5.67. The molecule has 0 aliphatic carbocycles. The van der Waals surface area contributed by atoms with Crippen LogP contribution in [0.5, 0.6) is 0 Å². The third kappa shape index (κ3) is 3.41. The Morgan fingerprint density at radius 2 is 2.37 bits per heavy atom. The molecule has 0 saturated carbocycles. The van der Waals surface area contributed by atoms with Crippen LogP contribution in [-0.4, -0.2) is 27.3 Å². The molecule has 8 heteroatoms. The molecule has 2 heterocycles. The van der Waals surface area contributed by atoms with Gasteiger partial charge in [-0.25, -0.2) is 4.98 Å². The molecule has 0 atom stereocenters. The van der Waals surface area contributed by atoms with Gasteiger partial charge in [-0.15, -0.1) is 0 Å². The van der Waals surface area contributed by atoms with E-state index in [1.807, 2.05) is 0 Å². The van der Waals surface area contributed by atoms with E-state index >= 15 is 0 Å². The van der Waals surface area contributed by atoms with Crippen LogP contribution in [0.4, 0.5) is 5.88 Å². The molecule has 0 bridgehead atoms. The van der Waals surface area contributed by atoms with E-state index in [4.69, 9.17) is 4.42 Å². The highest BCUT2D eigenvalue weighted by Gasteiger charge is 2.16. The monoisotopic (exact) mass is 264 g/mol. The summed E-state index contributed by atoms with van der Waals surface area (Å²) >= 11 is 0. The normalized spacial score (nSPS) is 10.3. The average Bonchev–Trinajstić information content (AvgIpc) is 3.05. The first-order chi connectivity index (χ1) is 9.16. The minimum atomic E-state index is -0.687. The first kappa shape index (κ1) is 12.8. The Bertz CT molecular complexity index is 561. The van der Waals surface area contributed by atoms with Crippen LogP contribution in [0, 0.1) is 10.1 Å². The number of nitro groups is 1. The van der Waals surface area contributed by atoms with Gasteiger partial charge in [0, 0.05) is 25.4 Å². The van der Waals surface area contributed by atoms with E-state index in [1.54, 1.807) is 12.4 Å². The molecular formula is C11H12N4O4. The van der Waals surface area contributed by atoms with Crippen LogP contribution in [0.1, 0.15) is 22.8 Å². The summed E-state index contributed by atoms with van der Waals surface area (Å²) in [6, 6.07) is 2.43. The fourth-order valence-corrected chi connectivity index (χ4v) is 1.53. The highest BCUT2D eigenvalue weighted by atomic mass is 16.6. The standard InChI is InChI=1S/C11H12N4O4/c16-11(8-3-4-10(19-8)15(17)18)14-5-1-2-9-12-6-7-13-9/h3-4,6-7H,1-2,5H2,(H,12,13)(H,14,16). The van der Waals surface area contributed by atoms with Gasteiger partial charge < -0.3 is 14.7 Å². The summed E-state index contributed by atoms with van der Waals surface area (Å²) in [6.45, 7) is 0.439. The third-order valence-electron chi connectivity index (χ3n) is 2.43. The molecule has 0 saturated heterocycles. The van der Waals surface area contributed by atoms with Crippen LogP contribution in [0.2, 0.25) is 0 Å². The number of nitrogens with one attached hydrogen (secondary N) is 2. The second kappa shape index (κ2) is 5.80. The van der Waals surface area contributed by atoms with Crippen LogP contribution >= 0.6 is 0 Å². The molecule has 19 heavy (non-hydrogen) atoms. The number of carbonyl (C=O) groups excluding carboxylic acids is 1. The highest BCUT2D eigenvalue weighted by molar-refractivity contribution is 5.91. The summed E-state index contributed by atoms with van der Waals surface area (Å²) in [5, 5.41) is 13.0. The van der Waals surface area contributed by atoms with Crippen molar-refractivity contribution in [1.29, 1.82) is 0 Å². The van der Waals surface area contributed by atoms with Crippen molar-refractivity contribution < 1.29 is 14.1 Å². The molecule has 100 valence electrons. The second-order valence-corrected chi connectivity index (χ2v) is 3.79. The molecule has 0 aromatic carbocycles. The zero-order chi connectivity index (χ0) is 13.7. The highest BCUT2D eigenvalue weighted by Crippen LogP contribution is 2.15. The maximum absolute atomic E-state index is 11.6. The van der Waals surface area contributed by atoms with Crippen molar-refractivity contribution in [2.75, 3.05) is 6.54 Å². The quantitative estimate of drug-likeness (QED) is 0.463. The number of aromatic nitrogens is 2. The van der Waals surface area contributed by atoms with Gasteiger partial charge in [0.05, 0.1) is 6.07 Å². The molecule has 0 fully saturated rings. The summed E-state index contributed by atoms with van der Waals surface area (Å²) in [4.78, 5) is 28.3. The van der Waals surface area contributed by atoms with Gasteiger partial charge in [-0.05, 0) is 12.5 Å². The zero-order valence-corrected chi connectivity index (χ0v) is 9.96. The lowest BCUT2D eigenvalue weighted by Gasteiger charge is -2.01. The number of furan rings is 1. The molecule has 0 spiro atoms. The van der Waals surface area contributed by atoms with Crippen LogP contribution < -0.4 is 5.32 Å². The molecule has 2 aromatic rings. The van der Waals surface area contributed by atoms with E-state index in [-0.39, 0.29) is 5.76 Å². The van der Waals surface area contributed by atoms with E-state index in [0.717, 1.165) is 11.9 Å². The fraction of sp³-hybridized carbons (Fsp3) is 0.273. The minimum absolute atomic E-state index is 0.0651. The van der Waals surface area contributed by atoms with Crippen molar-refractivity contribution >= 4 is 11.8 Å². The van der Waals surface area contributed by atoms with Crippen molar-refractivity contribution in [3.8, 4) is 0 Å². The zero-order valence-electron chi connectivity index (χ0n) is 9.96. The maximum atomic E-state index is 11.6. The molecule has 0 unspecified atom stereocenters. The van der Waals surface area contributed by atoms with Crippen molar-refractivity contribution in [3.05, 3.63) is 46.2 Å². The van der Waals surface area contributed by atoms with Crippen molar-refractivity contribution in [3.63, 3.8) is 0 Å². The third-order valence-corrected chi connectivity index (χ3v) is 2.43. The van der Waals surface area contributed by atoms with Gasteiger partial charge in [-0.3, -0.25) is 14.9 Å². The molecule has 0 aliphatic heterocycles. The van der Waals surface area contributed by atoms with Gasteiger partial charge in [0.15, 0.2) is 5.76 Å². The summed E-state index contributed by atoms with van der Waals surface area (Å²) in [7, 11) is 0. The van der Waals surface area contributed by atoms with E-state index in [2.05, 4.69) is 15.3 Å². The van der Waals surface area contributed by atoms with Crippen molar-refractivity contribution in [2.45, 2.75) is 12.8 Å². The van der Waals surface area contributed by atoms with Crippen LogP contribution in [0.3, 0.4) is 0 Å². The Labute approximate surface area is 108 Å². The fourth-order valence-electron chi connectivity index (χ4n) is 1.53. The molecule has 2 N–H and O–H groups in total. The van der Waals surface area contributed by atoms with Crippen molar-refractivity contribution in [2.24, 2.45) is 0 Å². The lowest BCUT2D eigenvalue weighted by molar-refractivity contribution is -0.402. The number of H-pyrrole nitrogens is 1. The summed E-state index contributed by atoms with van der Waals surface area (Å²) < 4.78 is 4.78. The lowest BCUT2D eigenvalue weighted by atomic mass is 10.3. The SMILES string of the molecule is O=C(NCCCc1ncc[nH]1)c1ccc([N+](=O)[O-])o1. The average molecular weight is 264 g/mol. The number of amides is 1. The summed E-state index contributed by atoms with van der Waals surface area (Å²) in [5.41, 5.74) is 0. The molecular weight excluding hydrogens is 252 g/mol. The van der Waals surface area contributed by atoms with Crippen LogP contribution in [-0.2, 0) is 6.42 Å². The largest absolute Gasteiger partial charge is 0.433 e. The van der Waals surface area contributed by atoms with Crippen molar-refractivity contribution in [1.82, 2.24) is 15.3 Å². The Morgan fingerprint density at radius 3 is 3.00 bits per heavy atom. The number of carbonyl (C=O) groups is 1. The van der Waals surface area contributed by atoms with Crippen LogP contribution in [0.25, 0.3) is 0 Å². The summed E-state index contributed by atoms with van der Waals surface area (Å²) in [6.07, 6.45) is 4.82. The molecule has 0 radical (unpaired) electrons. The number of aryl methyl sites for hydroxylation is 1. The lowest BCUT2D eigenvalue weighted by Crippen LogP contribution is -2.24. The molecule has 2 aromatic heterocycles. The predicted octanol–water partition coefficient (Wildman–Crippen LogP) is 1.27. The maximum Gasteiger partial charge on any atom is 0.433 e. The number of aromatic amines is 1. The first-order valence-corrected chi connectivity index (χ1v) is 5.67. The van der Waals surface area contributed by atoms with E-state index in [1.165, 1.54) is 6.07 Å². The van der Waals surface area contributed by atoms with Gasteiger partial charge in [0.25, 0.3) is 5.91 Å². The number of nitrogens with zero attached hydrogens (tertiary/aromatic N) is 2. The van der Waals surface area contributed by atoms with E-state index in [9.17, 15) is 14.9 Å². The Morgan fingerprint density at radius 1 is 1.53 bits per heavy atom. The van der Waals surface area contributed by atoms with Crippen LogP contribution in [0.15, 0.2) is 28.9 Å². The predicted molar refractivity (Wildman–Crippen MR) is 64.6 cm³/mol. The Balaban J connectivity index is 1.76. The van der Waals surface area contributed by atoms with Gasteiger partial charge in [0.2, 0.25) is 0 Å². The van der Waals surface area contributed by atoms with Gasteiger partial charge in [0.1, 0.15) is 10.7 Å². The van der Waals surface area contributed by atoms with E-state index < -0.39 is 16.7 Å². The minimum Gasteiger partial charge on any atom is -0.395 e. The molecule has 8 nitrogen and oxygen atoms in total. The number of hydrogen-bond donors (Lipinski definition) is 2. The Hall–Kier alpha value is -2.64. The van der Waals surface area contributed by atoms with E-state index in [0.29, 0.717) is 19.4 Å². The number of rotatable bonds is 6. The number of hydrogen-bond acceptors (Lipinski definition) is 5. The van der Waals surface area contributed by atoms with Gasteiger partial charge >= 0.3 is 5.88 Å². The topological polar surface area (TPSA) is 114 Å². The molecule has 2 rings (SSSR count). The summed E-state index contributed by atoms with van der Waals surface area (Å²) in [5.74, 6) is -0.124. The smallest absolute Gasteiger partial charge is 0.395 e. The van der Waals surface area contributed by atoms with Gasteiger partial charge in [-0.1, -0.05) is 0 Å². The Kier molecular flexibility index (Phi) is 3.91.